The molecule has 0 aromatic rings. The lowest BCUT2D eigenvalue weighted by atomic mass is 9.86. The molecular formula is C19H37N3O. The number of likely N-dealkylation sites (tertiary alicyclic amines) is 1. The van der Waals surface area contributed by atoms with Gasteiger partial charge in [-0.3, -0.25) is 0 Å². The van der Waals surface area contributed by atoms with Gasteiger partial charge in [-0.05, 0) is 64.5 Å². The fraction of sp³-hybridized carbons (Fsp3) is 0.947. The molecule has 0 aromatic carbocycles. The van der Waals surface area contributed by atoms with Gasteiger partial charge in [0, 0.05) is 25.7 Å². The van der Waals surface area contributed by atoms with E-state index < -0.39 is 0 Å². The van der Waals surface area contributed by atoms with Gasteiger partial charge in [-0.15, -0.1) is 0 Å². The number of nitrogens with one attached hydrogen (secondary N) is 1. The van der Waals surface area contributed by atoms with E-state index >= 15 is 0 Å². The van der Waals surface area contributed by atoms with Gasteiger partial charge in [0.15, 0.2) is 0 Å². The monoisotopic (exact) mass is 323 g/mol. The number of carbonyl (C=O) groups excluding carboxylic acids is 1. The third-order valence-corrected chi connectivity index (χ3v) is 5.87. The van der Waals surface area contributed by atoms with Crippen molar-refractivity contribution in [3.8, 4) is 0 Å². The topological polar surface area (TPSA) is 35.6 Å². The van der Waals surface area contributed by atoms with Gasteiger partial charge in [-0.2, -0.15) is 0 Å². The number of hydrogen-bond donors (Lipinski definition) is 1. The summed E-state index contributed by atoms with van der Waals surface area (Å²) in [5.74, 6) is 0.760. The van der Waals surface area contributed by atoms with E-state index in [4.69, 9.17) is 0 Å². The minimum absolute atomic E-state index is 0.121. The lowest BCUT2D eigenvalue weighted by molar-refractivity contribution is 0.154. The van der Waals surface area contributed by atoms with Crippen LogP contribution in [-0.4, -0.2) is 54.6 Å². The Balaban J connectivity index is 1.57. The molecule has 23 heavy (non-hydrogen) atoms. The van der Waals surface area contributed by atoms with Crippen LogP contribution in [0.25, 0.3) is 0 Å². The molecule has 2 amide bonds. The normalized spacial score (nSPS) is 29.3. The Morgan fingerprint density at radius 2 is 1.96 bits per heavy atom. The summed E-state index contributed by atoms with van der Waals surface area (Å²) in [6, 6.07) is 1.31. The van der Waals surface area contributed by atoms with E-state index in [-0.39, 0.29) is 6.03 Å². The van der Waals surface area contributed by atoms with Crippen LogP contribution < -0.4 is 5.32 Å². The second-order valence-electron chi connectivity index (χ2n) is 7.86. The Bertz CT molecular complexity index is 361. The third kappa shape index (κ3) is 5.98. The standard InChI is InChI=1S/C19H37N3O/c1-16-9-8-11-18(15-16)21(3)19(23)20-12-5-7-14-22-13-6-4-10-17(22)2/h16-18H,4-15H2,1-3H3,(H,20,23). The van der Waals surface area contributed by atoms with Crippen LogP contribution in [0.4, 0.5) is 4.79 Å². The molecule has 1 aliphatic carbocycles. The molecule has 1 heterocycles. The van der Waals surface area contributed by atoms with Crippen molar-refractivity contribution in [2.24, 2.45) is 5.92 Å². The molecule has 2 aliphatic rings. The molecule has 1 saturated carbocycles. The Morgan fingerprint density at radius 3 is 2.70 bits per heavy atom. The summed E-state index contributed by atoms with van der Waals surface area (Å²) in [4.78, 5) is 16.8. The Hall–Kier alpha value is -0.770. The number of piperidine rings is 1. The van der Waals surface area contributed by atoms with Crippen molar-refractivity contribution in [3.63, 3.8) is 0 Å². The summed E-state index contributed by atoms with van der Waals surface area (Å²) < 4.78 is 0. The van der Waals surface area contributed by atoms with E-state index in [0.717, 1.165) is 31.3 Å². The SMILES string of the molecule is CC1CCCC(N(C)C(=O)NCCCCN2CCCCC2C)C1. The Kier molecular flexibility index (Phi) is 7.68. The van der Waals surface area contributed by atoms with Gasteiger partial charge in [0.2, 0.25) is 0 Å². The van der Waals surface area contributed by atoms with E-state index in [9.17, 15) is 4.79 Å². The first kappa shape index (κ1) is 18.6. The van der Waals surface area contributed by atoms with Crippen molar-refractivity contribution in [2.75, 3.05) is 26.7 Å². The first-order valence-corrected chi connectivity index (χ1v) is 9.82. The lowest BCUT2D eigenvalue weighted by Crippen LogP contribution is -2.45. The van der Waals surface area contributed by atoms with Crippen LogP contribution in [0.2, 0.25) is 0 Å². The molecule has 4 nitrogen and oxygen atoms in total. The quantitative estimate of drug-likeness (QED) is 0.753. The van der Waals surface area contributed by atoms with Crippen LogP contribution in [0, 0.1) is 5.92 Å². The highest BCUT2D eigenvalue weighted by molar-refractivity contribution is 5.74. The maximum atomic E-state index is 12.3. The maximum absolute atomic E-state index is 12.3. The number of rotatable bonds is 6. The predicted molar refractivity (Wildman–Crippen MR) is 96.7 cm³/mol. The lowest BCUT2D eigenvalue weighted by Gasteiger charge is -2.34. The molecule has 0 radical (unpaired) electrons. The second-order valence-corrected chi connectivity index (χ2v) is 7.86. The van der Waals surface area contributed by atoms with E-state index in [2.05, 4.69) is 24.1 Å². The molecule has 1 N–H and O–H groups in total. The molecule has 3 atom stereocenters. The number of urea groups is 1. The zero-order chi connectivity index (χ0) is 16.7. The van der Waals surface area contributed by atoms with Crippen LogP contribution in [0.5, 0.6) is 0 Å². The van der Waals surface area contributed by atoms with Gasteiger partial charge in [0.1, 0.15) is 0 Å². The van der Waals surface area contributed by atoms with Crippen molar-refractivity contribution in [1.29, 1.82) is 0 Å². The zero-order valence-electron chi connectivity index (χ0n) is 15.5. The third-order valence-electron chi connectivity index (χ3n) is 5.87. The molecule has 2 rings (SSSR count). The molecule has 3 unspecified atom stereocenters. The van der Waals surface area contributed by atoms with Crippen LogP contribution in [-0.2, 0) is 0 Å². The molecule has 0 bridgehead atoms. The zero-order valence-corrected chi connectivity index (χ0v) is 15.5. The van der Waals surface area contributed by atoms with Gasteiger partial charge in [0.25, 0.3) is 0 Å². The Morgan fingerprint density at radius 1 is 1.13 bits per heavy atom. The summed E-state index contributed by atoms with van der Waals surface area (Å²) in [5.41, 5.74) is 0. The summed E-state index contributed by atoms with van der Waals surface area (Å²) in [6.07, 6.45) is 11.3. The number of carbonyl (C=O) groups is 1. The molecule has 4 heteroatoms. The van der Waals surface area contributed by atoms with Crippen molar-refractivity contribution < 1.29 is 4.79 Å². The number of nitrogens with zero attached hydrogens (tertiary/aromatic N) is 2. The largest absolute Gasteiger partial charge is 0.338 e. The molecular weight excluding hydrogens is 286 g/mol. The fourth-order valence-corrected chi connectivity index (χ4v) is 4.17. The van der Waals surface area contributed by atoms with Crippen LogP contribution in [0.3, 0.4) is 0 Å². The van der Waals surface area contributed by atoms with E-state index in [0.29, 0.717) is 6.04 Å². The van der Waals surface area contributed by atoms with Gasteiger partial charge in [-0.25, -0.2) is 4.79 Å². The van der Waals surface area contributed by atoms with Crippen molar-refractivity contribution in [1.82, 2.24) is 15.1 Å². The molecule has 1 saturated heterocycles. The first-order valence-electron chi connectivity index (χ1n) is 9.82. The highest BCUT2D eigenvalue weighted by atomic mass is 16.2. The summed E-state index contributed by atoms with van der Waals surface area (Å²) >= 11 is 0. The minimum atomic E-state index is 0.121. The van der Waals surface area contributed by atoms with Gasteiger partial charge < -0.3 is 15.1 Å². The average Bonchev–Trinajstić information content (AvgIpc) is 2.55. The maximum Gasteiger partial charge on any atom is 0.317 e. The first-order chi connectivity index (χ1) is 11.1. The fourth-order valence-electron chi connectivity index (χ4n) is 4.17. The predicted octanol–water partition coefficient (Wildman–Crippen LogP) is 3.86. The van der Waals surface area contributed by atoms with Crippen LogP contribution >= 0.6 is 0 Å². The average molecular weight is 324 g/mol. The minimum Gasteiger partial charge on any atom is -0.338 e. The summed E-state index contributed by atoms with van der Waals surface area (Å²) in [7, 11) is 1.97. The molecule has 134 valence electrons. The van der Waals surface area contributed by atoms with Gasteiger partial charge in [-0.1, -0.05) is 26.2 Å². The summed E-state index contributed by atoms with van der Waals surface area (Å²) in [6.45, 7) is 7.91. The number of unbranched alkanes of at least 4 members (excludes halogenated alkanes) is 1. The molecule has 0 aromatic heterocycles. The number of amides is 2. The van der Waals surface area contributed by atoms with Crippen molar-refractivity contribution >= 4 is 6.03 Å². The van der Waals surface area contributed by atoms with Crippen LogP contribution in [0.1, 0.15) is 71.6 Å². The van der Waals surface area contributed by atoms with E-state index in [1.54, 1.807) is 0 Å². The van der Waals surface area contributed by atoms with E-state index in [1.165, 1.54) is 58.0 Å². The second kappa shape index (κ2) is 9.51. The highest BCUT2D eigenvalue weighted by Gasteiger charge is 2.25. The van der Waals surface area contributed by atoms with Crippen molar-refractivity contribution in [3.05, 3.63) is 0 Å². The summed E-state index contributed by atoms with van der Waals surface area (Å²) in [5, 5.41) is 3.11. The molecule has 0 spiro atoms. The highest BCUT2D eigenvalue weighted by Crippen LogP contribution is 2.26. The molecule has 1 aliphatic heterocycles. The Labute approximate surface area is 143 Å². The van der Waals surface area contributed by atoms with Crippen LogP contribution in [0.15, 0.2) is 0 Å². The van der Waals surface area contributed by atoms with Gasteiger partial charge >= 0.3 is 6.03 Å². The number of hydrogen-bond acceptors (Lipinski definition) is 2. The van der Waals surface area contributed by atoms with Gasteiger partial charge in [0.05, 0.1) is 0 Å². The van der Waals surface area contributed by atoms with Crippen molar-refractivity contribution in [2.45, 2.75) is 83.7 Å². The van der Waals surface area contributed by atoms with E-state index in [1.807, 2.05) is 11.9 Å². The smallest absolute Gasteiger partial charge is 0.317 e. The molecule has 2 fully saturated rings.